The molecular weight excluding hydrogens is 728 g/mol. The summed E-state index contributed by atoms with van der Waals surface area (Å²) in [5, 5.41) is 57.0. The SMILES string of the molecule is COC[C@H](O)[C@]1(O)CC[C@]2(O)[C@@H]3CC=C4C[C@@H](O[C@H]5C[C@H](O)[C@H](O[C@H]6C[C@H](OC)[C@H](O[C@H]7C[C@@H](OC)[C@H](O)[C@@H](C)O7)[C@@H](C)O6)[C@@H](C)O5)CC[C@]4(C)[C@H]3CC[C@]12C. The van der Waals surface area contributed by atoms with Crippen LogP contribution in [0.1, 0.15) is 105 Å². The lowest BCUT2D eigenvalue weighted by Gasteiger charge is -2.62. The molecule has 3 saturated carbocycles. The first-order valence-electron chi connectivity index (χ1n) is 21.2. The normalized spacial score (nSPS) is 52.7. The molecule has 0 unspecified atom stereocenters. The van der Waals surface area contributed by atoms with Gasteiger partial charge in [0, 0.05) is 46.0 Å². The number of fused-ring (bicyclic) bond motifs is 5. The molecule has 322 valence electrons. The van der Waals surface area contributed by atoms with Gasteiger partial charge in [-0.3, -0.25) is 0 Å². The van der Waals surface area contributed by atoms with Crippen LogP contribution < -0.4 is 0 Å². The molecule has 0 aromatic heterocycles. The molecule has 7 rings (SSSR count). The van der Waals surface area contributed by atoms with Crippen molar-refractivity contribution in [3.05, 3.63) is 11.6 Å². The summed E-state index contributed by atoms with van der Waals surface area (Å²) in [6, 6.07) is 0. The van der Waals surface area contributed by atoms with Crippen molar-refractivity contribution in [3.8, 4) is 0 Å². The fourth-order valence-electron chi connectivity index (χ4n) is 12.3. The molecule has 3 heterocycles. The highest BCUT2D eigenvalue weighted by Crippen LogP contribution is 2.69. The Morgan fingerprint density at radius 3 is 2.04 bits per heavy atom. The van der Waals surface area contributed by atoms with Gasteiger partial charge in [0.25, 0.3) is 0 Å². The molecule has 6 fully saturated rings. The Hall–Kier alpha value is -0.820. The Labute approximate surface area is 332 Å². The third-order valence-electron chi connectivity index (χ3n) is 15.8. The predicted octanol–water partition coefficient (Wildman–Crippen LogP) is 3.11. The lowest BCUT2D eigenvalue weighted by atomic mass is 9.45. The lowest BCUT2D eigenvalue weighted by Crippen LogP contribution is -2.66. The van der Waals surface area contributed by atoms with Crippen molar-refractivity contribution < 1.29 is 68.2 Å². The Bertz CT molecular complexity index is 1370. The standard InChI is InChI=1S/C42H70O14/c1-22-36(45)30(49-7)19-34(51-22)56-38-24(3)53-35(20-31(38)50-8)55-37-23(2)52-33(18-29(37)43)54-26-11-13-39(4)25(17-26)9-10-28-27(39)12-14-40(5)41(28,46)15-16-42(40,47)32(44)21-48-6/h9,22-24,26-38,43-47H,10-21H2,1-8H3/t22-,23-,24-,26+,27+,28-,29+,30-,31+,32+,33+,34+,35+,36-,37-,38-,39+,40+,41+,42-/m1/s1. The summed E-state index contributed by atoms with van der Waals surface area (Å²) in [6.45, 7) is 9.93. The molecule has 20 atom stereocenters. The number of allylic oxidation sites excluding steroid dienone is 1. The summed E-state index contributed by atoms with van der Waals surface area (Å²) in [5.41, 5.74) is -2.04. The maximum Gasteiger partial charge on any atom is 0.161 e. The zero-order chi connectivity index (χ0) is 40.4. The van der Waals surface area contributed by atoms with E-state index < -0.39 is 90.4 Å². The van der Waals surface area contributed by atoms with E-state index in [1.165, 1.54) is 12.7 Å². The molecule has 0 bridgehead atoms. The molecule has 56 heavy (non-hydrogen) atoms. The van der Waals surface area contributed by atoms with Crippen molar-refractivity contribution in [2.45, 2.75) is 202 Å². The number of aliphatic hydroxyl groups is 5. The van der Waals surface area contributed by atoms with Crippen molar-refractivity contribution in [1.82, 2.24) is 0 Å². The van der Waals surface area contributed by atoms with Gasteiger partial charge in [0.1, 0.15) is 30.0 Å². The summed E-state index contributed by atoms with van der Waals surface area (Å²) in [6.07, 6.45) is 1.23. The van der Waals surface area contributed by atoms with Gasteiger partial charge < -0.3 is 68.2 Å². The second kappa shape index (κ2) is 16.6. The quantitative estimate of drug-likeness (QED) is 0.192. The molecule has 3 saturated heterocycles. The molecule has 0 aromatic rings. The number of rotatable bonds is 11. The summed E-state index contributed by atoms with van der Waals surface area (Å²) < 4.78 is 54.4. The maximum absolute atomic E-state index is 12.5. The van der Waals surface area contributed by atoms with E-state index in [9.17, 15) is 25.5 Å². The number of aliphatic hydroxyl groups excluding tert-OH is 3. The van der Waals surface area contributed by atoms with E-state index in [0.29, 0.717) is 32.1 Å². The summed E-state index contributed by atoms with van der Waals surface area (Å²) in [5.74, 6) is 0.257. The van der Waals surface area contributed by atoms with Gasteiger partial charge in [0.05, 0.1) is 54.9 Å². The molecule has 14 heteroatoms. The van der Waals surface area contributed by atoms with Crippen LogP contribution in [0.15, 0.2) is 11.6 Å². The average Bonchev–Trinajstić information content (AvgIpc) is 3.38. The van der Waals surface area contributed by atoms with Crippen LogP contribution in [0.3, 0.4) is 0 Å². The van der Waals surface area contributed by atoms with Crippen LogP contribution in [0.5, 0.6) is 0 Å². The van der Waals surface area contributed by atoms with Crippen molar-refractivity contribution >= 4 is 0 Å². The van der Waals surface area contributed by atoms with Crippen LogP contribution in [0.25, 0.3) is 0 Å². The second-order valence-corrected chi connectivity index (χ2v) is 18.6. The van der Waals surface area contributed by atoms with E-state index in [1.54, 1.807) is 21.1 Å². The first kappa shape index (κ1) is 43.3. The van der Waals surface area contributed by atoms with Crippen molar-refractivity contribution in [1.29, 1.82) is 0 Å². The van der Waals surface area contributed by atoms with Crippen molar-refractivity contribution in [2.75, 3.05) is 27.9 Å². The Morgan fingerprint density at radius 2 is 1.38 bits per heavy atom. The number of methoxy groups -OCH3 is 3. The predicted molar refractivity (Wildman–Crippen MR) is 201 cm³/mol. The summed E-state index contributed by atoms with van der Waals surface area (Å²) in [7, 11) is 4.71. The molecule has 14 nitrogen and oxygen atoms in total. The topological polar surface area (TPSA) is 184 Å². The third-order valence-corrected chi connectivity index (χ3v) is 15.8. The second-order valence-electron chi connectivity index (χ2n) is 18.6. The lowest BCUT2D eigenvalue weighted by molar-refractivity contribution is -0.337. The highest BCUT2D eigenvalue weighted by molar-refractivity contribution is 5.30. The zero-order valence-corrected chi connectivity index (χ0v) is 34.7. The summed E-state index contributed by atoms with van der Waals surface area (Å²) >= 11 is 0. The van der Waals surface area contributed by atoms with E-state index in [4.69, 9.17) is 42.6 Å². The fourth-order valence-corrected chi connectivity index (χ4v) is 12.3. The van der Waals surface area contributed by atoms with Crippen LogP contribution in [0, 0.1) is 22.7 Å². The Balaban J connectivity index is 0.926. The van der Waals surface area contributed by atoms with Gasteiger partial charge in [-0.05, 0) is 89.4 Å². The minimum atomic E-state index is -1.40. The van der Waals surface area contributed by atoms with Crippen LogP contribution in [-0.4, -0.2) is 151 Å². The molecule has 7 aliphatic rings. The van der Waals surface area contributed by atoms with Crippen LogP contribution in [-0.2, 0) is 42.6 Å². The van der Waals surface area contributed by atoms with E-state index in [2.05, 4.69) is 13.0 Å². The van der Waals surface area contributed by atoms with Crippen molar-refractivity contribution in [3.63, 3.8) is 0 Å². The van der Waals surface area contributed by atoms with Gasteiger partial charge in [-0.1, -0.05) is 25.5 Å². The number of ether oxygens (including phenoxy) is 9. The number of hydrogen-bond donors (Lipinski definition) is 5. The van der Waals surface area contributed by atoms with Gasteiger partial charge in [-0.25, -0.2) is 0 Å². The molecule has 4 aliphatic carbocycles. The van der Waals surface area contributed by atoms with Gasteiger partial charge in [-0.15, -0.1) is 0 Å². The minimum absolute atomic E-state index is 0.00654. The molecule has 0 radical (unpaired) electrons. The molecular formula is C42H70O14. The van der Waals surface area contributed by atoms with E-state index in [0.717, 1.165) is 32.1 Å². The highest BCUT2D eigenvalue weighted by Gasteiger charge is 2.72. The number of hydrogen-bond acceptors (Lipinski definition) is 14. The van der Waals surface area contributed by atoms with Gasteiger partial charge >= 0.3 is 0 Å². The first-order chi connectivity index (χ1) is 26.5. The molecule has 3 aliphatic heterocycles. The van der Waals surface area contributed by atoms with Crippen molar-refractivity contribution in [2.24, 2.45) is 22.7 Å². The smallest absolute Gasteiger partial charge is 0.161 e. The van der Waals surface area contributed by atoms with Gasteiger partial charge in [0.15, 0.2) is 18.9 Å². The fraction of sp³-hybridized carbons (Fsp3) is 0.952. The van der Waals surface area contributed by atoms with E-state index >= 15 is 0 Å². The molecule has 0 spiro atoms. The largest absolute Gasteiger partial charge is 0.390 e. The average molecular weight is 799 g/mol. The van der Waals surface area contributed by atoms with Crippen LogP contribution in [0.2, 0.25) is 0 Å². The molecule has 0 amide bonds. The Morgan fingerprint density at radius 1 is 0.750 bits per heavy atom. The zero-order valence-electron chi connectivity index (χ0n) is 34.7. The molecule has 5 N–H and O–H groups in total. The highest BCUT2D eigenvalue weighted by atomic mass is 16.7. The molecule has 0 aromatic carbocycles. The van der Waals surface area contributed by atoms with Gasteiger partial charge in [0.2, 0.25) is 0 Å². The summed E-state index contributed by atoms with van der Waals surface area (Å²) in [4.78, 5) is 0. The van der Waals surface area contributed by atoms with E-state index in [-0.39, 0.29) is 42.5 Å². The van der Waals surface area contributed by atoms with Crippen LogP contribution in [0.4, 0.5) is 0 Å². The van der Waals surface area contributed by atoms with E-state index in [1.807, 2.05) is 20.8 Å². The monoisotopic (exact) mass is 798 g/mol. The van der Waals surface area contributed by atoms with Crippen LogP contribution >= 0.6 is 0 Å². The Kier molecular flexibility index (Phi) is 12.8. The first-order valence-corrected chi connectivity index (χ1v) is 21.2. The van der Waals surface area contributed by atoms with Gasteiger partial charge in [-0.2, -0.15) is 0 Å². The minimum Gasteiger partial charge on any atom is -0.390 e. The maximum atomic E-state index is 12.5. The third kappa shape index (κ3) is 7.37.